The lowest BCUT2D eigenvalue weighted by molar-refractivity contribution is -0.142. The normalized spacial score (nSPS) is 13.5. The summed E-state index contributed by atoms with van der Waals surface area (Å²) in [5.74, 6) is -1.22. The van der Waals surface area contributed by atoms with Gasteiger partial charge in [0.15, 0.2) is 0 Å². The van der Waals surface area contributed by atoms with Crippen molar-refractivity contribution in [3.8, 4) is 0 Å². The number of thioether (sulfide) groups is 1. The molecule has 0 saturated carbocycles. The Kier molecular flexibility index (Phi) is 7.15. The van der Waals surface area contributed by atoms with E-state index in [4.69, 9.17) is 5.11 Å². The van der Waals surface area contributed by atoms with Gasteiger partial charge in [0.1, 0.15) is 11.3 Å². The zero-order valence-corrected chi connectivity index (χ0v) is 12.7. The van der Waals surface area contributed by atoms with Crippen LogP contribution in [0.2, 0.25) is 0 Å². The molecule has 0 aliphatic rings. The molecule has 0 spiro atoms. The first kappa shape index (κ1) is 16.6. The molecule has 20 heavy (non-hydrogen) atoms. The third-order valence-electron chi connectivity index (χ3n) is 3.04. The predicted octanol–water partition coefficient (Wildman–Crippen LogP) is 2.85. The Morgan fingerprint density at radius 3 is 2.45 bits per heavy atom. The van der Waals surface area contributed by atoms with Crippen LogP contribution in [0.15, 0.2) is 30.3 Å². The van der Waals surface area contributed by atoms with Gasteiger partial charge in [-0.05, 0) is 18.2 Å². The average Bonchev–Trinajstić information content (AvgIpc) is 2.45. The minimum Gasteiger partial charge on any atom is -0.480 e. The SMILES string of the molecule is CCCCC(NC(=O)C(SC)c1ccccc1)C(=O)O. The summed E-state index contributed by atoms with van der Waals surface area (Å²) in [5, 5.41) is 11.4. The van der Waals surface area contributed by atoms with Crippen molar-refractivity contribution in [3.05, 3.63) is 35.9 Å². The fourth-order valence-electron chi connectivity index (χ4n) is 1.94. The Balaban J connectivity index is 2.73. The Bertz CT molecular complexity index is 436. The summed E-state index contributed by atoms with van der Waals surface area (Å²) in [6.45, 7) is 2.00. The highest BCUT2D eigenvalue weighted by Gasteiger charge is 2.25. The molecule has 1 rings (SSSR count). The number of hydrogen-bond donors (Lipinski definition) is 2. The van der Waals surface area contributed by atoms with Crippen LogP contribution in [0.3, 0.4) is 0 Å². The van der Waals surface area contributed by atoms with E-state index in [2.05, 4.69) is 5.32 Å². The van der Waals surface area contributed by atoms with Gasteiger partial charge in [-0.15, -0.1) is 11.8 Å². The van der Waals surface area contributed by atoms with Gasteiger partial charge in [0, 0.05) is 0 Å². The zero-order valence-electron chi connectivity index (χ0n) is 11.8. The first-order valence-corrected chi connectivity index (χ1v) is 7.99. The van der Waals surface area contributed by atoms with Gasteiger partial charge in [0.2, 0.25) is 5.91 Å². The second-order valence-electron chi connectivity index (χ2n) is 4.57. The van der Waals surface area contributed by atoms with E-state index in [9.17, 15) is 9.59 Å². The molecule has 1 aromatic rings. The van der Waals surface area contributed by atoms with Crippen LogP contribution in [-0.2, 0) is 9.59 Å². The molecule has 0 aromatic heterocycles. The molecule has 2 N–H and O–H groups in total. The molecule has 110 valence electrons. The molecule has 0 radical (unpaired) electrons. The smallest absolute Gasteiger partial charge is 0.326 e. The highest BCUT2D eigenvalue weighted by atomic mass is 32.2. The molecule has 4 nitrogen and oxygen atoms in total. The summed E-state index contributed by atoms with van der Waals surface area (Å²) in [7, 11) is 0. The summed E-state index contributed by atoms with van der Waals surface area (Å²) in [6, 6.07) is 8.58. The van der Waals surface area contributed by atoms with Gasteiger partial charge >= 0.3 is 5.97 Å². The number of nitrogens with one attached hydrogen (secondary N) is 1. The lowest BCUT2D eigenvalue weighted by Crippen LogP contribution is -2.42. The maximum absolute atomic E-state index is 12.3. The fourth-order valence-corrected chi connectivity index (χ4v) is 2.65. The molecule has 1 amide bonds. The van der Waals surface area contributed by atoms with Crippen molar-refractivity contribution in [3.63, 3.8) is 0 Å². The monoisotopic (exact) mass is 295 g/mol. The number of aliphatic carboxylic acids is 1. The van der Waals surface area contributed by atoms with E-state index in [0.717, 1.165) is 18.4 Å². The Morgan fingerprint density at radius 1 is 1.30 bits per heavy atom. The number of amides is 1. The molecule has 0 saturated heterocycles. The summed E-state index contributed by atoms with van der Waals surface area (Å²) in [4.78, 5) is 23.4. The molecule has 0 heterocycles. The summed E-state index contributed by atoms with van der Waals surface area (Å²) < 4.78 is 0. The zero-order chi connectivity index (χ0) is 15.0. The molecule has 0 bridgehead atoms. The lowest BCUT2D eigenvalue weighted by atomic mass is 10.1. The quantitative estimate of drug-likeness (QED) is 0.774. The van der Waals surface area contributed by atoms with Crippen molar-refractivity contribution in [1.29, 1.82) is 0 Å². The van der Waals surface area contributed by atoms with Gasteiger partial charge in [-0.25, -0.2) is 4.79 Å². The second-order valence-corrected chi connectivity index (χ2v) is 5.51. The molecular formula is C15H21NO3S. The van der Waals surface area contributed by atoms with Crippen molar-refractivity contribution < 1.29 is 14.7 Å². The van der Waals surface area contributed by atoms with E-state index in [1.165, 1.54) is 11.8 Å². The van der Waals surface area contributed by atoms with E-state index in [0.29, 0.717) is 6.42 Å². The minimum atomic E-state index is -0.972. The Morgan fingerprint density at radius 2 is 1.95 bits per heavy atom. The number of carbonyl (C=O) groups excluding carboxylic acids is 1. The number of carbonyl (C=O) groups is 2. The van der Waals surface area contributed by atoms with Crippen LogP contribution in [-0.4, -0.2) is 29.3 Å². The summed E-state index contributed by atoms with van der Waals surface area (Å²) in [5.41, 5.74) is 0.886. The average molecular weight is 295 g/mol. The number of benzene rings is 1. The predicted molar refractivity (Wildman–Crippen MR) is 81.8 cm³/mol. The largest absolute Gasteiger partial charge is 0.480 e. The van der Waals surface area contributed by atoms with Crippen LogP contribution in [0.1, 0.15) is 37.0 Å². The Labute approximate surface area is 124 Å². The van der Waals surface area contributed by atoms with Crippen molar-refractivity contribution in [2.75, 3.05) is 6.26 Å². The number of unbranched alkanes of at least 4 members (excludes halogenated alkanes) is 1. The van der Waals surface area contributed by atoms with Crippen LogP contribution in [0.5, 0.6) is 0 Å². The molecule has 0 aliphatic carbocycles. The van der Waals surface area contributed by atoms with Gasteiger partial charge in [-0.2, -0.15) is 0 Å². The Hall–Kier alpha value is -1.49. The first-order valence-electron chi connectivity index (χ1n) is 6.71. The molecule has 2 atom stereocenters. The molecule has 2 unspecified atom stereocenters. The molecule has 5 heteroatoms. The van der Waals surface area contributed by atoms with Crippen molar-refractivity contribution in [1.82, 2.24) is 5.32 Å². The summed E-state index contributed by atoms with van der Waals surface area (Å²) in [6.07, 6.45) is 4.00. The van der Waals surface area contributed by atoms with Crippen LogP contribution < -0.4 is 5.32 Å². The maximum Gasteiger partial charge on any atom is 0.326 e. The van der Waals surface area contributed by atoms with Gasteiger partial charge in [-0.3, -0.25) is 4.79 Å². The number of hydrogen-bond acceptors (Lipinski definition) is 3. The van der Waals surface area contributed by atoms with E-state index >= 15 is 0 Å². The van der Waals surface area contributed by atoms with E-state index in [-0.39, 0.29) is 11.2 Å². The number of carboxylic acid groups (broad SMARTS) is 1. The molecule has 0 fully saturated rings. The van der Waals surface area contributed by atoms with Crippen molar-refractivity contribution in [2.45, 2.75) is 37.5 Å². The highest BCUT2D eigenvalue weighted by Crippen LogP contribution is 2.26. The van der Waals surface area contributed by atoms with Gasteiger partial charge in [0.25, 0.3) is 0 Å². The second kappa shape index (κ2) is 8.64. The van der Waals surface area contributed by atoms with Crippen LogP contribution in [0.25, 0.3) is 0 Å². The third kappa shape index (κ3) is 4.89. The van der Waals surface area contributed by atoms with Crippen LogP contribution >= 0.6 is 11.8 Å². The van der Waals surface area contributed by atoms with Gasteiger partial charge in [-0.1, -0.05) is 50.1 Å². The lowest BCUT2D eigenvalue weighted by Gasteiger charge is -2.19. The molecular weight excluding hydrogens is 274 g/mol. The maximum atomic E-state index is 12.3. The third-order valence-corrected chi connectivity index (χ3v) is 3.99. The number of rotatable bonds is 8. The highest BCUT2D eigenvalue weighted by molar-refractivity contribution is 7.99. The topological polar surface area (TPSA) is 66.4 Å². The van der Waals surface area contributed by atoms with Crippen molar-refractivity contribution >= 4 is 23.6 Å². The molecule has 0 aliphatic heterocycles. The first-order chi connectivity index (χ1) is 9.60. The van der Waals surface area contributed by atoms with Gasteiger partial charge < -0.3 is 10.4 Å². The van der Waals surface area contributed by atoms with Crippen molar-refractivity contribution in [2.24, 2.45) is 0 Å². The summed E-state index contributed by atoms with van der Waals surface area (Å²) >= 11 is 1.40. The van der Waals surface area contributed by atoms with Gasteiger partial charge in [0.05, 0.1) is 0 Å². The fraction of sp³-hybridized carbons (Fsp3) is 0.467. The van der Waals surface area contributed by atoms with E-state index in [1.807, 2.05) is 43.5 Å². The number of carboxylic acids is 1. The van der Waals surface area contributed by atoms with Crippen LogP contribution in [0.4, 0.5) is 0 Å². The molecule has 1 aromatic carbocycles. The minimum absolute atomic E-state index is 0.243. The standard InChI is InChI=1S/C15H21NO3S/c1-3-4-10-12(15(18)19)16-14(17)13(20-2)11-8-6-5-7-9-11/h5-9,12-13H,3-4,10H2,1-2H3,(H,16,17)(H,18,19). The van der Waals surface area contributed by atoms with Crippen LogP contribution in [0, 0.1) is 0 Å². The van der Waals surface area contributed by atoms with E-state index < -0.39 is 12.0 Å². The van der Waals surface area contributed by atoms with E-state index in [1.54, 1.807) is 0 Å².